The monoisotopic (exact) mass is 306 g/mol. The predicted molar refractivity (Wildman–Crippen MR) is 81.1 cm³/mol. The number of carbonyl (C=O) groups excluding carboxylic acids is 1. The van der Waals surface area contributed by atoms with E-state index < -0.39 is 0 Å². The number of hydrogen-bond acceptors (Lipinski definition) is 4. The second kappa shape index (κ2) is 8.96. The molecule has 0 unspecified atom stereocenters. The Balaban J connectivity index is 0.00000162. The second-order valence-corrected chi connectivity index (χ2v) is 4.20. The zero-order chi connectivity index (χ0) is 12.1. The number of nitrogens with two attached hydrogens (primary N) is 1. The van der Waals surface area contributed by atoms with Gasteiger partial charge in [0.1, 0.15) is 5.82 Å². The van der Waals surface area contributed by atoms with Crippen molar-refractivity contribution < 1.29 is 4.79 Å². The van der Waals surface area contributed by atoms with Crippen LogP contribution in [0.4, 0.5) is 5.82 Å². The number of halogens is 2. The molecule has 1 saturated heterocycles. The molecule has 19 heavy (non-hydrogen) atoms. The average Bonchev–Trinajstić information content (AvgIpc) is 2.90. The van der Waals surface area contributed by atoms with Gasteiger partial charge in [-0.2, -0.15) is 0 Å². The number of pyridine rings is 1. The summed E-state index contributed by atoms with van der Waals surface area (Å²) < 4.78 is 0. The smallest absolute Gasteiger partial charge is 0.234 e. The third-order valence-electron chi connectivity index (χ3n) is 2.92. The number of carbonyl (C=O) groups is 1. The van der Waals surface area contributed by atoms with Crippen LogP contribution in [0.1, 0.15) is 18.4 Å². The summed E-state index contributed by atoms with van der Waals surface area (Å²) in [5.41, 5.74) is 6.29. The van der Waals surface area contributed by atoms with Gasteiger partial charge in [-0.05, 0) is 30.5 Å². The molecule has 0 saturated carbocycles. The summed E-state index contributed by atoms with van der Waals surface area (Å²) in [7, 11) is 0. The van der Waals surface area contributed by atoms with Crippen LogP contribution in [0.25, 0.3) is 0 Å². The molecule has 7 heteroatoms. The van der Waals surface area contributed by atoms with Gasteiger partial charge in [0.2, 0.25) is 5.91 Å². The van der Waals surface area contributed by atoms with Gasteiger partial charge in [-0.3, -0.25) is 4.79 Å². The number of hydrogen-bond donors (Lipinski definition) is 2. The Hall–Kier alpha value is -1.04. The highest BCUT2D eigenvalue weighted by Gasteiger charge is 2.13. The van der Waals surface area contributed by atoms with Crippen molar-refractivity contribution in [2.75, 3.05) is 24.5 Å². The normalized spacial score (nSPS) is 13.4. The van der Waals surface area contributed by atoms with Gasteiger partial charge in [0, 0.05) is 25.8 Å². The molecule has 1 fully saturated rings. The molecule has 1 amide bonds. The minimum absolute atomic E-state index is 0. The van der Waals surface area contributed by atoms with Crippen LogP contribution in [-0.4, -0.2) is 30.5 Å². The number of amides is 1. The molecular weight excluding hydrogens is 287 g/mol. The SMILES string of the molecule is Cl.Cl.NCC(=O)NCc1ccnc(N2CCCC2)c1. The Morgan fingerprint density at radius 1 is 1.37 bits per heavy atom. The van der Waals surface area contributed by atoms with Gasteiger partial charge in [-0.25, -0.2) is 4.98 Å². The lowest BCUT2D eigenvalue weighted by Crippen LogP contribution is -2.29. The zero-order valence-corrected chi connectivity index (χ0v) is 12.3. The van der Waals surface area contributed by atoms with Crippen LogP contribution in [0.2, 0.25) is 0 Å². The molecule has 1 aromatic heterocycles. The minimum atomic E-state index is -0.135. The third-order valence-corrected chi connectivity index (χ3v) is 2.92. The van der Waals surface area contributed by atoms with Gasteiger partial charge >= 0.3 is 0 Å². The van der Waals surface area contributed by atoms with E-state index in [4.69, 9.17) is 5.73 Å². The largest absolute Gasteiger partial charge is 0.357 e. The van der Waals surface area contributed by atoms with Crippen LogP contribution in [-0.2, 0) is 11.3 Å². The molecule has 0 aliphatic carbocycles. The summed E-state index contributed by atoms with van der Waals surface area (Å²) in [5, 5.41) is 2.76. The van der Waals surface area contributed by atoms with Gasteiger partial charge in [0.25, 0.3) is 0 Å². The number of anilines is 1. The minimum Gasteiger partial charge on any atom is -0.357 e. The van der Waals surface area contributed by atoms with E-state index in [0.29, 0.717) is 6.54 Å². The molecule has 0 bridgehead atoms. The van der Waals surface area contributed by atoms with Gasteiger partial charge in [0.15, 0.2) is 0 Å². The molecule has 5 nitrogen and oxygen atoms in total. The van der Waals surface area contributed by atoms with Gasteiger partial charge in [0.05, 0.1) is 6.54 Å². The lowest BCUT2D eigenvalue weighted by Gasteiger charge is -2.16. The summed E-state index contributed by atoms with van der Waals surface area (Å²) in [5.74, 6) is 0.867. The first-order valence-electron chi connectivity index (χ1n) is 5.96. The summed E-state index contributed by atoms with van der Waals surface area (Å²) in [4.78, 5) is 17.7. The molecular formula is C12H20Cl2N4O. The molecule has 3 N–H and O–H groups in total. The molecule has 108 valence electrons. The van der Waals surface area contributed by atoms with Crippen molar-refractivity contribution in [3.05, 3.63) is 23.9 Å². The van der Waals surface area contributed by atoms with E-state index in [1.54, 1.807) is 6.20 Å². The molecule has 0 aromatic carbocycles. The van der Waals surface area contributed by atoms with Crippen LogP contribution < -0.4 is 16.0 Å². The first-order valence-corrected chi connectivity index (χ1v) is 5.96. The molecule has 0 atom stereocenters. The van der Waals surface area contributed by atoms with E-state index in [2.05, 4.69) is 15.2 Å². The van der Waals surface area contributed by atoms with Gasteiger partial charge in [-0.15, -0.1) is 24.8 Å². The predicted octanol–water partition coefficient (Wildman–Crippen LogP) is 1.10. The fourth-order valence-electron chi connectivity index (χ4n) is 1.96. The van der Waals surface area contributed by atoms with E-state index in [0.717, 1.165) is 24.5 Å². The maximum absolute atomic E-state index is 11.1. The van der Waals surface area contributed by atoms with E-state index in [1.165, 1.54) is 12.8 Å². The highest BCUT2D eigenvalue weighted by atomic mass is 35.5. The Morgan fingerprint density at radius 2 is 2.05 bits per heavy atom. The number of nitrogens with zero attached hydrogens (tertiary/aromatic N) is 2. The van der Waals surface area contributed by atoms with Crippen LogP contribution in [0.15, 0.2) is 18.3 Å². The number of aromatic nitrogens is 1. The summed E-state index contributed by atoms with van der Waals surface area (Å²) in [6.07, 6.45) is 4.25. The third kappa shape index (κ3) is 5.22. The lowest BCUT2D eigenvalue weighted by molar-refractivity contribution is -0.119. The quantitative estimate of drug-likeness (QED) is 0.874. The molecule has 1 aliphatic heterocycles. The van der Waals surface area contributed by atoms with Crippen LogP contribution >= 0.6 is 24.8 Å². The van der Waals surface area contributed by atoms with E-state index >= 15 is 0 Å². The van der Waals surface area contributed by atoms with Crippen LogP contribution in [0.5, 0.6) is 0 Å². The molecule has 1 aromatic rings. The fourth-order valence-corrected chi connectivity index (χ4v) is 1.96. The summed E-state index contributed by atoms with van der Waals surface area (Å²) in [6, 6.07) is 3.94. The fraction of sp³-hybridized carbons (Fsp3) is 0.500. The average molecular weight is 307 g/mol. The maximum atomic E-state index is 11.1. The highest BCUT2D eigenvalue weighted by molar-refractivity contribution is 5.85. The van der Waals surface area contributed by atoms with E-state index in [9.17, 15) is 4.79 Å². The molecule has 0 radical (unpaired) electrons. The van der Waals surface area contributed by atoms with Crippen molar-refractivity contribution in [3.8, 4) is 0 Å². The van der Waals surface area contributed by atoms with Crippen LogP contribution in [0, 0.1) is 0 Å². The van der Waals surface area contributed by atoms with Crippen LogP contribution in [0.3, 0.4) is 0 Å². The van der Waals surface area contributed by atoms with Gasteiger partial charge < -0.3 is 16.0 Å². The van der Waals surface area contributed by atoms with Crippen molar-refractivity contribution in [1.82, 2.24) is 10.3 Å². The number of rotatable bonds is 4. The van der Waals surface area contributed by atoms with Crippen molar-refractivity contribution in [2.45, 2.75) is 19.4 Å². The van der Waals surface area contributed by atoms with E-state index in [1.807, 2.05) is 12.1 Å². The Kier molecular flexibility index (Phi) is 8.47. The second-order valence-electron chi connectivity index (χ2n) is 4.20. The van der Waals surface area contributed by atoms with Gasteiger partial charge in [-0.1, -0.05) is 0 Å². The molecule has 1 aliphatic rings. The first-order chi connectivity index (χ1) is 8.29. The highest BCUT2D eigenvalue weighted by Crippen LogP contribution is 2.18. The van der Waals surface area contributed by atoms with Crippen molar-refractivity contribution in [3.63, 3.8) is 0 Å². The summed E-state index contributed by atoms with van der Waals surface area (Å²) in [6.45, 7) is 2.70. The summed E-state index contributed by atoms with van der Waals surface area (Å²) >= 11 is 0. The molecule has 0 spiro atoms. The number of nitrogens with one attached hydrogen (secondary N) is 1. The Bertz CT molecular complexity index is 397. The molecule has 2 rings (SSSR count). The topological polar surface area (TPSA) is 71.2 Å². The maximum Gasteiger partial charge on any atom is 0.234 e. The lowest BCUT2D eigenvalue weighted by atomic mass is 10.2. The standard InChI is InChI=1S/C12H18N4O.2ClH/c13-8-12(17)15-9-10-3-4-14-11(7-10)16-5-1-2-6-16;;/h3-4,7H,1-2,5-6,8-9,13H2,(H,15,17);2*1H. The Morgan fingerprint density at radius 3 is 2.68 bits per heavy atom. The van der Waals surface area contributed by atoms with Crippen molar-refractivity contribution >= 4 is 36.5 Å². The Labute approximate surface area is 125 Å². The van der Waals surface area contributed by atoms with Crippen molar-refractivity contribution in [2.24, 2.45) is 5.73 Å². The van der Waals surface area contributed by atoms with E-state index in [-0.39, 0.29) is 37.3 Å². The molecule has 2 heterocycles. The zero-order valence-electron chi connectivity index (χ0n) is 10.7. The first kappa shape index (κ1) is 18.0. The van der Waals surface area contributed by atoms with Crippen molar-refractivity contribution in [1.29, 1.82) is 0 Å².